The number of halogens is 1. The van der Waals surface area contributed by atoms with Crippen molar-refractivity contribution in [2.24, 2.45) is 11.7 Å². The van der Waals surface area contributed by atoms with Crippen molar-refractivity contribution in [3.8, 4) is 11.5 Å². The molecule has 1 amide bonds. The number of nitro groups is 1. The highest BCUT2D eigenvalue weighted by atomic mass is 35.5. The minimum Gasteiger partial charge on any atom is -0.493 e. The minimum atomic E-state index is -0.482. The van der Waals surface area contributed by atoms with Gasteiger partial charge in [-0.05, 0) is 19.4 Å². The SMILES string of the molecule is COc1cc(CCNC(=O)C(C)C(C)N)c([N+](=O)[O-])cc1OC.Cl. The lowest BCUT2D eigenvalue weighted by Gasteiger charge is -2.15. The summed E-state index contributed by atoms with van der Waals surface area (Å²) in [7, 11) is 2.87. The molecule has 2 atom stereocenters. The minimum absolute atomic E-state index is 0. The first-order valence-corrected chi connectivity index (χ1v) is 7.24. The molecule has 0 heterocycles. The Hall–Kier alpha value is -2.06. The Morgan fingerprint density at radius 3 is 2.29 bits per heavy atom. The number of rotatable bonds is 8. The summed E-state index contributed by atoms with van der Waals surface area (Å²) in [6.45, 7) is 3.76. The normalized spacial score (nSPS) is 12.5. The van der Waals surface area contributed by atoms with Gasteiger partial charge in [-0.3, -0.25) is 14.9 Å². The zero-order chi connectivity index (χ0) is 17.6. The lowest BCUT2D eigenvalue weighted by Crippen LogP contribution is -2.39. The molecule has 0 aliphatic carbocycles. The second-order valence-electron chi connectivity index (χ2n) is 5.28. The van der Waals surface area contributed by atoms with Gasteiger partial charge in [0.15, 0.2) is 11.5 Å². The maximum absolute atomic E-state index is 11.8. The molecular formula is C15H24ClN3O5. The first-order chi connectivity index (χ1) is 10.8. The highest BCUT2D eigenvalue weighted by Gasteiger charge is 2.20. The standard InChI is InChI=1S/C15H23N3O5.ClH/c1-9(10(2)16)15(19)17-6-5-11-7-13(22-3)14(23-4)8-12(11)18(20)21;/h7-10H,5-6,16H2,1-4H3,(H,17,19);1H. The molecule has 0 saturated carbocycles. The van der Waals surface area contributed by atoms with E-state index in [1.54, 1.807) is 19.9 Å². The Kier molecular flexibility index (Phi) is 9.09. The molecule has 0 radical (unpaired) electrons. The van der Waals surface area contributed by atoms with Crippen LogP contribution in [0.25, 0.3) is 0 Å². The fourth-order valence-electron chi connectivity index (χ4n) is 2.00. The van der Waals surface area contributed by atoms with Gasteiger partial charge in [0.2, 0.25) is 5.91 Å². The van der Waals surface area contributed by atoms with Crippen LogP contribution in [0.4, 0.5) is 5.69 Å². The number of hydrogen-bond donors (Lipinski definition) is 2. The summed E-state index contributed by atoms with van der Waals surface area (Å²) < 4.78 is 10.2. The van der Waals surface area contributed by atoms with Gasteiger partial charge in [0.1, 0.15) is 0 Å². The Labute approximate surface area is 147 Å². The van der Waals surface area contributed by atoms with Gasteiger partial charge in [0.25, 0.3) is 5.69 Å². The average molecular weight is 362 g/mol. The maximum atomic E-state index is 11.8. The summed E-state index contributed by atoms with van der Waals surface area (Å²) in [4.78, 5) is 22.6. The monoisotopic (exact) mass is 361 g/mol. The number of carbonyl (C=O) groups excluding carboxylic acids is 1. The number of methoxy groups -OCH3 is 2. The molecular weight excluding hydrogens is 338 g/mol. The fourth-order valence-corrected chi connectivity index (χ4v) is 2.00. The van der Waals surface area contributed by atoms with Gasteiger partial charge >= 0.3 is 0 Å². The molecule has 0 spiro atoms. The molecule has 9 heteroatoms. The van der Waals surface area contributed by atoms with Crippen LogP contribution in [-0.2, 0) is 11.2 Å². The molecule has 0 aromatic heterocycles. The van der Waals surface area contributed by atoms with E-state index >= 15 is 0 Å². The van der Waals surface area contributed by atoms with E-state index in [4.69, 9.17) is 15.2 Å². The molecule has 136 valence electrons. The van der Waals surface area contributed by atoms with Crippen molar-refractivity contribution in [2.45, 2.75) is 26.3 Å². The van der Waals surface area contributed by atoms with Crippen molar-refractivity contribution in [1.82, 2.24) is 5.32 Å². The number of nitrogens with one attached hydrogen (secondary N) is 1. The predicted molar refractivity (Wildman–Crippen MR) is 93.0 cm³/mol. The maximum Gasteiger partial charge on any atom is 0.276 e. The second kappa shape index (κ2) is 9.94. The molecule has 24 heavy (non-hydrogen) atoms. The molecule has 0 saturated heterocycles. The largest absolute Gasteiger partial charge is 0.493 e. The number of ether oxygens (including phenoxy) is 2. The van der Waals surface area contributed by atoms with E-state index in [0.29, 0.717) is 17.7 Å². The van der Waals surface area contributed by atoms with Crippen molar-refractivity contribution >= 4 is 24.0 Å². The Morgan fingerprint density at radius 2 is 1.83 bits per heavy atom. The molecule has 0 aliphatic heterocycles. The smallest absolute Gasteiger partial charge is 0.276 e. The van der Waals surface area contributed by atoms with E-state index in [9.17, 15) is 14.9 Å². The number of amides is 1. The Bertz CT molecular complexity index is 580. The van der Waals surface area contributed by atoms with Crippen molar-refractivity contribution in [2.75, 3.05) is 20.8 Å². The highest BCUT2D eigenvalue weighted by Crippen LogP contribution is 2.34. The van der Waals surface area contributed by atoms with Crippen LogP contribution in [0.3, 0.4) is 0 Å². The predicted octanol–water partition coefficient (Wildman–Crippen LogP) is 1.68. The van der Waals surface area contributed by atoms with Crippen molar-refractivity contribution in [3.05, 3.63) is 27.8 Å². The van der Waals surface area contributed by atoms with Crippen LogP contribution in [0.1, 0.15) is 19.4 Å². The van der Waals surface area contributed by atoms with Gasteiger partial charge in [0.05, 0.1) is 25.2 Å². The summed E-state index contributed by atoms with van der Waals surface area (Å²) in [5, 5.41) is 13.9. The Morgan fingerprint density at radius 1 is 1.29 bits per heavy atom. The summed E-state index contributed by atoms with van der Waals surface area (Å²) in [5.74, 6) is 0.194. The zero-order valence-electron chi connectivity index (χ0n) is 14.2. The number of carbonyl (C=O) groups is 1. The van der Waals surface area contributed by atoms with E-state index in [2.05, 4.69) is 5.32 Å². The molecule has 2 unspecified atom stereocenters. The Balaban J connectivity index is 0.00000529. The van der Waals surface area contributed by atoms with Gasteiger partial charge in [0, 0.05) is 24.1 Å². The summed E-state index contributed by atoms with van der Waals surface area (Å²) in [6.07, 6.45) is 0.300. The van der Waals surface area contributed by atoms with E-state index in [1.807, 2.05) is 0 Å². The van der Waals surface area contributed by atoms with Crippen molar-refractivity contribution < 1.29 is 19.2 Å². The third-order valence-corrected chi connectivity index (χ3v) is 3.68. The quantitative estimate of drug-likeness (QED) is 0.537. The van der Waals surface area contributed by atoms with Crippen LogP contribution in [0.5, 0.6) is 11.5 Å². The van der Waals surface area contributed by atoms with Crippen LogP contribution >= 0.6 is 12.4 Å². The van der Waals surface area contributed by atoms with Crippen LogP contribution in [0, 0.1) is 16.0 Å². The summed E-state index contributed by atoms with van der Waals surface area (Å²) in [5.41, 5.74) is 6.06. The zero-order valence-corrected chi connectivity index (χ0v) is 15.0. The van der Waals surface area contributed by atoms with Crippen LogP contribution < -0.4 is 20.5 Å². The van der Waals surface area contributed by atoms with Crippen LogP contribution in [-0.4, -0.2) is 37.6 Å². The van der Waals surface area contributed by atoms with Crippen LogP contribution in [0.2, 0.25) is 0 Å². The van der Waals surface area contributed by atoms with Crippen molar-refractivity contribution in [1.29, 1.82) is 0 Å². The molecule has 1 rings (SSSR count). The topological polar surface area (TPSA) is 117 Å². The van der Waals surface area contributed by atoms with E-state index < -0.39 is 4.92 Å². The highest BCUT2D eigenvalue weighted by molar-refractivity contribution is 5.85. The lowest BCUT2D eigenvalue weighted by molar-refractivity contribution is -0.385. The van der Waals surface area contributed by atoms with Crippen LogP contribution in [0.15, 0.2) is 12.1 Å². The van der Waals surface area contributed by atoms with Gasteiger partial charge in [-0.15, -0.1) is 12.4 Å². The summed E-state index contributed by atoms with van der Waals surface area (Å²) >= 11 is 0. The molecule has 0 fully saturated rings. The van der Waals surface area contributed by atoms with E-state index in [0.717, 1.165) is 0 Å². The first-order valence-electron chi connectivity index (χ1n) is 7.24. The second-order valence-corrected chi connectivity index (χ2v) is 5.28. The van der Waals surface area contributed by atoms with E-state index in [-0.39, 0.29) is 48.3 Å². The molecule has 3 N–H and O–H groups in total. The molecule has 1 aromatic carbocycles. The third kappa shape index (κ3) is 5.54. The number of hydrogen-bond acceptors (Lipinski definition) is 6. The third-order valence-electron chi connectivity index (χ3n) is 3.68. The molecule has 8 nitrogen and oxygen atoms in total. The number of nitro benzene ring substituents is 1. The van der Waals surface area contributed by atoms with Gasteiger partial charge in [-0.2, -0.15) is 0 Å². The van der Waals surface area contributed by atoms with E-state index in [1.165, 1.54) is 20.3 Å². The molecule has 1 aromatic rings. The summed E-state index contributed by atoms with van der Waals surface area (Å²) in [6, 6.07) is 2.61. The molecule has 0 bridgehead atoms. The lowest BCUT2D eigenvalue weighted by atomic mass is 10.0. The number of benzene rings is 1. The first kappa shape index (κ1) is 21.9. The number of nitrogens with zero attached hydrogens (tertiary/aromatic N) is 1. The van der Waals surface area contributed by atoms with Gasteiger partial charge < -0.3 is 20.5 Å². The average Bonchev–Trinajstić information content (AvgIpc) is 2.52. The molecule has 0 aliphatic rings. The fraction of sp³-hybridized carbons (Fsp3) is 0.533. The van der Waals surface area contributed by atoms with Gasteiger partial charge in [-0.1, -0.05) is 6.92 Å². The van der Waals surface area contributed by atoms with Crippen molar-refractivity contribution in [3.63, 3.8) is 0 Å². The van der Waals surface area contributed by atoms with Gasteiger partial charge in [-0.25, -0.2) is 0 Å². The number of nitrogens with two attached hydrogens (primary N) is 1.